The molecule has 3 nitrogen and oxygen atoms in total. The number of hydrogen-bond donors (Lipinski definition) is 0. The molecule has 3 heteroatoms. The summed E-state index contributed by atoms with van der Waals surface area (Å²) in [5.74, 6) is 0.422. The van der Waals surface area contributed by atoms with Crippen molar-refractivity contribution >= 4 is 5.97 Å². The molecule has 2 aromatic rings. The van der Waals surface area contributed by atoms with E-state index in [1.165, 1.54) is 17.2 Å². The topological polar surface area (TPSA) is 35.5 Å². The summed E-state index contributed by atoms with van der Waals surface area (Å²) in [6.45, 7) is 6.76. The van der Waals surface area contributed by atoms with Crippen LogP contribution in [0.1, 0.15) is 31.9 Å². The Morgan fingerprint density at radius 3 is 2.21 bits per heavy atom. The van der Waals surface area contributed by atoms with Gasteiger partial charge in [-0.15, -0.1) is 0 Å². The van der Waals surface area contributed by atoms with E-state index >= 15 is 0 Å². The van der Waals surface area contributed by atoms with Crippen LogP contribution in [-0.2, 0) is 14.9 Å². The molecule has 0 aliphatic rings. The van der Waals surface area contributed by atoms with Crippen molar-refractivity contribution in [1.82, 2.24) is 0 Å². The van der Waals surface area contributed by atoms with Crippen molar-refractivity contribution in [2.75, 3.05) is 13.2 Å². The van der Waals surface area contributed by atoms with E-state index in [0.29, 0.717) is 6.61 Å². The number of hydrogen-bond acceptors (Lipinski definition) is 3. The van der Waals surface area contributed by atoms with E-state index in [1.807, 2.05) is 18.2 Å². The molecule has 0 aliphatic heterocycles. The molecule has 2 aromatic carbocycles. The molecule has 0 aliphatic carbocycles. The maximum atomic E-state index is 11.2. The van der Waals surface area contributed by atoms with Crippen molar-refractivity contribution < 1.29 is 14.3 Å². The van der Waals surface area contributed by atoms with Gasteiger partial charge in [0.25, 0.3) is 0 Å². The van der Waals surface area contributed by atoms with Crippen LogP contribution in [0.2, 0.25) is 0 Å². The first-order valence-corrected chi connectivity index (χ1v) is 8.12. The summed E-state index contributed by atoms with van der Waals surface area (Å²) in [5.41, 5.74) is 2.43. The molecular formula is C21H24O3. The average Bonchev–Trinajstić information content (AvgIpc) is 2.60. The molecular weight excluding hydrogens is 300 g/mol. The van der Waals surface area contributed by atoms with Gasteiger partial charge >= 0.3 is 5.97 Å². The van der Waals surface area contributed by atoms with Crippen LogP contribution >= 0.6 is 0 Å². The summed E-state index contributed by atoms with van der Waals surface area (Å²) < 4.78 is 10.6. The summed E-state index contributed by atoms with van der Waals surface area (Å²) in [6.07, 6.45) is 3.04. The lowest BCUT2D eigenvalue weighted by molar-refractivity contribution is -0.138. The predicted octanol–water partition coefficient (Wildman–Crippen LogP) is 4.51. The molecule has 0 saturated heterocycles. The van der Waals surface area contributed by atoms with Crippen LogP contribution in [0.5, 0.6) is 5.75 Å². The van der Waals surface area contributed by atoms with Crippen molar-refractivity contribution in [1.29, 1.82) is 0 Å². The SMILES string of the molecule is CC=CC(=O)OCCOc1ccc(C(C)(C)c2ccccc2)cc1. The molecule has 24 heavy (non-hydrogen) atoms. The Balaban J connectivity index is 1.92. The zero-order chi connectivity index (χ0) is 17.4. The number of rotatable bonds is 7. The van der Waals surface area contributed by atoms with E-state index < -0.39 is 0 Å². The fraction of sp³-hybridized carbons (Fsp3) is 0.286. The molecule has 0 bridgehead atoms. The summed E-state index contributed by atoms with van der Waals surface area (Å²) in [6, 6.07) is 18.5. The van der Waals surface area contributed by atoms with Gasteiger partial charge in [-0.2, -0.15) is 0 Å². The third-order valence-electron chi connectivity index (χ3n) is 3.97. The molecule has 0 aromatic heterocycles. The van der Waals surface area contributed by atoms with Crippen LogP contribution in [-0.4, -0.2) is 19.2 Å². The van der Waals surface area contributed by atoms with Crippen LogP contribution in [0, 0.1) is 0 Å². The minimum Gasteiger partial charge on any atom is -0.490 e. The summed E-state index contributed by atoms with van der Waals surface area (Å²) in [4.78, 5) is 11.2. The zero-order valence-electron chi connectivity index (χ0n) is 14.5. The Hall–Kier alpha value is -2.55. The number of allylic oxidation sites excluding steroid dienone is 1. The highest BCUT2D eigenvalue weighted by molar-refractivity contribution is 5.81. The predicted molar refractivity (Wildman–Crippen MR) is 96.3 cm³/mol. The first-order chi connectivity index (χ1) is 11.5. The Kier molecular flexibility index (Phi) is 6.19. The van der Waals surface area contributed by atoms with Gasteiger partial charge in [0.2, 0.25) is 0 Å². The number of ether oxygens (including phenoxy) is 2. The van der Waals surface area contributed by atoms with Crippen molar-refractivity contribution in [2.45, 2.75) is 26.2 Å². The second-order valence-electron chi connectivity index (χ2n) is 6.03. The van der Waals surface area contributed by atoms with Crippen molar-refractivity contribution in [3.8, 4) is 5.75 Å². The van der Waals surface area contributed by atoms with Gasteiger partial charge in [0, 0.05) is 11.5 Å². The van der Waals surface area contributed by atoms with Gasteiger partial charge in [-0.1, -0.05) is 62.4 Å². The van der Waals surface area contributed by atoms with Crippen LogP contribution in [0.15, 0.2) is 66.7 Å². The molecule has 0 atom stereocenters. The quantitative estimate of drug-likeness (QED) is 0.427. The smallest absolute Gasteiger partial charge is 0.330 e. The number of esters is 1. The lowest BCUT2D eigenvalue weighted by Crippen LogP contribution is -2.18. The monoisotopic (exact) mass is 324 g/mol. The van der Waals surface area contributed by atoms with Crippen LogP contribution in [0.25, 0.3) is 0 Å². The molecule has 0 unspecified atom stereocenters. The van der Waals surface area contributed by atoms with Gasteiger partial charge in [0.05, 0.1) is 0 Å². The minimum absolute atomic E-state index is 0.0677. The Morgan fingerprint density at radius 1 is 0.958 bits per heavy atom. The second kappa shape index (κ2) is 8.34. The van der Waals surface area contributed by atoms with Gasteiger partial charge in [-0.05, 0) is 30.2 Å². The summed E-state index contributed by atoms with van der Waals surface area (Å²) >= 11 is 0. The van der Waals surface area contributed by atoms with Crippen molar-refractivity contribution in [3.63, 3.8) is 0 Å². The standard InChI is InChI=1S/C21H24O3/c1-4-8-20(22)24-16-15-23-19-13-11-18(12-14-19)21(2,3)17-9-6-5-7-10-17/h4-14H,15-16H2,1-3H3. The Labute approximate surface area is 143 Å². The van der Waals surface area contributed by atoms with E-state index in [9.17, 15) is 4.79 Å². The normalized spacial score (nSPS) is 11.5. The molecule has 0 spiro atoms. The maximum Gasteiger partial charge on any atom is 0.330 e. The van der Waals surface area contributed by atoms with Gasteiger partial charge in [-0.25, -0.2) is 4.79 Å². The van der Waals surface area contributed by atoms with E-state index in [0.717, 1.165) is 5.75 Å². The maximum absolute atomic E-state index is 11.2. The number of carbonyl (C=O) groups is 1. The Bertz CT molecular complexity index is 670. The van der Waals surface area contributed by atoms with E-state index in [1.54, 1.807) is 13.0 Å². The van der Waals surface area contributed by atoms with Gasteiger partial charge in [0.1, 0.15) is 19.0 Å². The molecule has 126 valence electrons. The molecule has 0 fully saturated rings. The van der Waals surface area contributed by atoms with Crippen LogP contribution < -0.4 is 4.74 Å². The van der Waals surface area contributed by atoms with E-state index in [-0.39, 0.29) is 18.0 Å². The van der Waals surface area contributed by atoms with E-state index in [2.05, 4.69) is 50.2 Å². The van der Waals surface area contributed by atoms with Gasteiger partial charge in [0.15, 0.2) is 0 Å². The Morgan fingerprint density at radius 2 is 1.58 bits per heavy atom. The third-order valence-corrected chi connectivity index (χ3v) is 3.97. The molecule has 0 radical (unpaired) electrons. The lowest BCUT2D eigenvalue weighted by atomic mass is 9.78. The molecule has 0 amide bonds. The van der Waals surface area contributed by atoms with E-state index in [4.69, 9.17) is 9.47 Å². The minimum atomic E-state index is -0.346. The highest BCUT2D eigenvalue weighted by Gasteiger charge is 2.22. The molecule has 0 saturated carbocycles. The highest BCUT2D eigenvalue weighted by atomic mass is 16.6. The fourth-order valence-corrected chi connectivity index (χ4v) is 2.48. The zero-order valence-corrected chi connectivity index (χ0v) is 14.5. The first kappa shape index (κ1) is 17.8. The van der Waals surface area contributed by atoms with Crippen molar-refractivity contribution in [2.24, 2.45) is 0 Å². The van der Waals surface area contributed by atoms with Gasteiger partial charge in [-0.3, -0.25) is 0 Å². The highest BCUT2D eigenvalue weighted by Crippen LogP contribution is 2.32. The molecule has 0 N–H and O–H groups in total. The molecule has 0 heterocycles. The summed E-state index contributed by atoms with van der Waals surface area (Å²) in [7, 11) is 0. The first-order valence-electron chi connectivity index (χ1n) is 8.12. The third kappa shape index (κ3) is 4.72. The summed E-state index contributed by atoms with van der Waals surface area (Å²) in [5, 5.41) is 0. The number of benzene rings is 2. The molecule has 2 rings (SSSR count). The average molecular weight is 324 g/mol. The lowest BCUT2D eigenvalue weighted by Gasteiger charge is -2.26. The fourth-order valence-electron chi connectivity index (χ4n) is 2.48. The van der Waals surface area contributed by atoms with Gasteiger partial charge < -0.3 is 9.47 Å². The van der Waals surface area contributed by atoms with Crippen LogP contribution in [0.4, 0.5) is 0 Å². The second-order valence-corrected chi connectivity index (χ2v) is 6.03. The van der Waals surface area contributed by atoms with Crippen LogP contribution in [0.3, 0.4) is 0 Å². The largest absolute Gasteiger partial charge is 0.490 e. The van der Waals surface area contributed by atoms with Crippen molar-refractivity contribution in [3.05, 3.63) is 77.9 Å². The number of carbonyl (C=O) groups excluding carboxylic acids is 1.